The van der Waals surface area contributed by atoms with Crippen LogP contribution in [0.1, 0.15) is 12.8 Å². The van der Waals surface area contributed by atoms with E-state index in [1.807, 2.05) is 0 Å². The van der Waals surface area contributed by atoms with Crippen molar-refractivity contribution in [3.8, 4) is 5.75 Å². The maximum atomic E-state index is 12.8. The van der Waals surface area contributed by atoms with Gasteiger partial charge in [0.15, 0.2) is 0 Å². The second-order valence-electron chi connectivity index (χ2n) is 6.25. The molecule has 2 aromatic carbocycles. The summed E-state index contributed by atoms with van der Waals surface area (Å²) in [5, 5.41) is 3.38. The van der Waals surface area contributed by atoms with E-state index in [0.717, 1.165) is 5.69 Å². The van der Waals surface area contributed by atoms with Gasteiger partial charge >= 0.3 is 0 Å². The summed E-state index contributed by atoms with van der Waals surface area (Å²) in [6, 6.07) is 12.7. The molecule has 1 atom stereocenters. The van der Waals surface area contributed by atoms with E-state index in [4.69, 9.17) is 16.3 Å². The van der Waals surface area contributed by atoms with Crippen molar-refractivity contribution in [3.05, 3.63) is 59.4 Å². The lowest BCUT2D eigenvalue weighted by Crippen LogP contribution is -2.37. The minimum atomic E-state index is -0.668. The van der Waals surface area contributed by atoms with Gasteiger partial charge in [0.25, 0.3) is 0 Å². The third-order valence-electron chi connectivity index (χ3n) is 4.36. The highest BCUT2D eigenvalue weighted by atomic mass is 35.5. The van der Waals surface area contributed by atoms with Gasteiger partial charge in [-0.05, 0) is 61.4 Å². The number of hydrogen-bond acceptors (Lipinski definition) is 3. The lowest BCUT2D eigenvalue weighted by atomic mass is 10.1. The molecule has 0 aromatic heterocycles. The van der Waals surface area contributed by atoms with Crippen molar-refractivity contribution in [1.82, 2.24) is 5.32 Å². The van der Waals surface area contributed by atoms with Crippen LogP contribution in [0.25, 0.3) is 0 Å². The molecule has 0 saturated carbocycles. The number of benzene rings is 2. The first-order valence-corrected chi connectivity index (χ1v) is 9.15. The van der Waals surface area contributed by atoms with Crippen molar-refractivity contribution in [1.29, 1.82) is 0 Å². The van der Waals surface area contributed by atoms with Crippen molar-refractivity contribution in [3.63, 3.8) is 0 Å². The molecular formula is C20H20ClFN2O3. The summed E-state index contributed by atoms with van der Waals surface area (Å²) in [6.07, 6.45) is 1.07. The molecule has 1 fully saturated rings. The van der Waals surface area contributed by atoms with Crippen LogP contribution in [0.15, 0.2) is 48.5 Å². The maximum absolute atomic E-state index is 12.8. The van der Waals surface area contributed by atoms with Gasteiger partial charge in [-0.15, -0.1) is 0 Å². The van der Waals surface area contributed by atoms with Crippen molar-refractivity contribution < 1.29 is 18.7 Å². The molecule has 0 radical (unpaired) electrons. The van der Waals surface area contributed by atoms with Crippen LogP contribution in [-0.2, 0) is 9.59 Å². The number of carbonyl (C=O) groups is 2. The quantitative estimate of drug-likeness (QED) is 0.582. The minimum Gasteiger partial charge on any atom is -0.494 e. The van der Waals surface area contributed by atoms with E-state index in [1.165, 1.54) is 12.1 Å². The molecule has 7 heteroatoms. The lowest BCUT2D eigenvalue weighted by Gasteiger charge is -2.17. The Morgan fingerprint density at radius 2 is 1.89 bits per heavy atom. The Bertz CT molecular complexity index is 796. The summed E-state index contributed by atoms with van der Waals surface area (Å²) in [5.41, 5.74) is 0.743. The lowest BCUT2D eigenvalue weighted by molar-refractivity contribution is -0.132. The van der Waals surface area contributed by atoms with Gasteiger partial charge in [-0.25, -0.2) is 4.39 Å². The van der Waals surface area contributed by atoms with Crippen LogP contribution in [-0.4, -0.2) is 31.5 Å². The molecule has 1 unspecified atom stereocenters. The highest BCUT2D eigenvalue weighted by Gasteiger charge is 2.37. The summed E-state index contributed by atoms with van der Waals surface area (Å²) in [4.78, 5) is 26.4. The molecule has 0 bridgehead atoms. The standard InChI is InChI=1S/C20H20ClFN2O3/c21-14-2-6-16(7-3-14)24-12-10-18(20(24)26)19(25)23-11-1-13-27-17-8-4-15(22)5-9-17/h2-9,18H,1,10-13H2,(H,23,25). The van der Waals surface area contributed by atoms with Crippen molar-refractivity contribution >= 4 is 29.1 Å². The van der Waals surface area contributed by atoms with E-state index in [0.29, 0.717) is 43.3 Å². The normalized spacial score (nSPS) is 16.4. The number of hydrogen-bond donors (Lipinski definition) is 1. The summed E-state index contributed by atoms with van der Waals surface area (Å²) >= 11 is 5.87. The number of nitrogens with one attached hydrogen (secondary N) is 1. The molecule has 2 aromatic rings. The zero-order valence-corrected chi connectivity index (χ0v) is 15.4. The molecule has 3 rings (SSSR count). The molecule has 27 heavy (non-hydrogen) atoms. The average molecular weight is 391 g/mol. The Hall–Kier alpha value is -2.60. The predicted octanol–water partition coefficient (Wildman–Crippen LogP) is 3.42. The molecule has 0 spiro atoms. The van der Waals surface area contributed by atoms with E-state index in [9.17, 15) is 14.0 Å². The number of anilines is 1. The first kappa shape index (κ1) is 19.2. The highest BCUT2D eigenvalue weighted by molar-refractivity contribution is 6.30. The third-order valence-corrected chi connectivity index (χ3v) is 4.61. The van der Waals surface area contributed by atoms with Gasteiger partial charge in [0.1, 0.15) is 17.5 Å². The van der Waals surface area contributed by atoms with Crippen LogP contribution in [0.2, 0.25) is 5.02 Å². The predicted molar refractivity (Wildman–Crippen MR) is 101 cm³/mol. The molecule has 1 aliphatic rings. The molecular weight excluding hydrogens is 371 g/mol. The molecule has 1 saturated heterocycles. The Morgan fingerprint density at radius 3 is 2.59 bits per heavy atom. The number of nitrogens with zero attached hydrogens (tertiary/aromatic N) is 1. The molecule has 142 valence electrons. The molecule has 1 aliphatic heterocycles. The van der Waals surface area contributed by atoms with Gasteiger partial charge in [0.05, 0.1) is 6.61 Å². The second kappa shape index (κ2) is 8.86. The van der Waals surface area contributed by atoms with Gasteiger partial charge in [0, 0.05) is 23.8 Å². The van der Waals surface area contributed by atoms with E-state index in [-0.39, 0.29) is 17.6 Å². The number of amides is 2. The van der Waals surface area contributed by atoms with Gasteiger partial charge in [-0.3, -0.25) is 9.59 Å². The van der Waals surface area contributed by atoms with Crippen LogP contribution in [0, 0.1) is 11.7 Å². The monoisotopic (exact) mass is 390 g/mol. The highest BCUT2D eigenvalue weighted by Crippen LogP contribution is 2.26. The van der Waals surface area contributed by atoms with Gasteiger partial charge in [0.2, 0.25) is 11.8 Å². The average Bonchev–Trinajstić information content (AvgIpc) is 3.05. The molecule has 1 N–H and O–H groups in total. The summed E-state index contributed by atoms with van der Waals surface area (Å²) < 4.78 is 18.3. The summed E-state index contributed by atoms with van der Waals surface area (Å²) in [6.45, 7) is 1.30. The van der Waals surface area contributed by atoms with E-state index in [1.54, 1.807) is 41.3 Å². The molecule has 0 aliphatic carbocycles. The summed E-state index contributed by atoms with van der Waals surface area (Å²) in [5.74, 6) is -0.870. The molecule has 2 amide bonds. The van der Waals surface area contributed by atoms with E-state index in [2.05, 4.69) is 5.32 Å². The number of halogens is 2. The van der Waals surface area contributed by atoms with Crippen LogP contribution >= 0.6 is 11.6 Å². The zero-order chi connectivity index (χ0) is 19.2. The minimum absolute atomic E-state index is 0.197. The van der Waals surface area contributed by atoms with Crippen molar-refractivity contribution in [2.45, 2.75) is 12.8 Å². The van der Waals surface area contributed by atoms with E-state index < -0.39 is 5.92 Å². The van der Waals surface area contributed by atoms with Gasteiger partial charge < -0.3 is 15.0 Å². The van der Waals surface area contributed by atoms with Crippen molar-refractivity contribution in [2.24, 2.45) is 5.92 Å². The third kappa shape index (κ3) is 4.98. The first-order valence-electron chi connectivity index (χ1n) is 8.77. The molecule has 5 nitrogen and oxygen atoms in total. The fourth-order valence-electron chi connectivity index (χ4n) is 2.93. The Kier molecular flexibility index (Phi) is 6.29. The SMILES string of the molecule is O=C(NCCCOc1ccc(F)cc1)C1CCN(c2ccc(Cl)cc2)C1=O. The Labute approximate surface area is 162 Å². The second-order valence-corrected chi connectivity index (χ2v) is 6.69. The number of ether oxygens (including phenoxy) is 1. The fraction of sp³-hybridized carbons (Fsp3) is 0.300. The Balaban J connectivity index is 1.41. The summed E-state index contributed by atoms with van der Waals surface area (Å²) in [7, 11) is 0. The first-order chi connectivity index (χ1) is 13.0. The maximum Gasteiger partial charge on any atom is 0.239 e. The van der Waals surface area contributed by atoms with Gasteiger partial charge in [-0.1, -0.05) is 11.6 Å². The fourth-order valence-corrected chi connectivity index (χ4v) is 3.05. The number of carbonyl (C=O) groups excluding carboxylic acids is 2. The largest absolute Gasteiger partial charge is 0.494 e. The van der Waals surface area contributed by atoms with Crippen LogP contribution < -0.4 is 15.0 Å². The van der Waals surface area contributed by atoms with Crippen molar-refractivity contribution in [2.75, 3.05) is 24.6 Å². The van der Waals surface area contributed by atoms with Crippen LogP contribution in [0.4, 0.5) is 10.1 Å². The van der Waals surface area contributed by atoms with Gasteiger partial charge in [-0.2, -0.15) is 0 Å². The molecule has 1 heterocycles. The smallest absolute Gasteiger partial charge is 0.239 e. The Morgan fingerprint density at radius 1 is 1.19 bits per heavy atom. The van der Waals surface area contributed by atoms with Crippen LogP contribution in [0.3, 0.4) is 0 Å². The van der Waals surface area contributed by atoms with E-state index >= 15 is 0 Å². The number of rotatable bonds is 7. The van der Waals surface area contributed by atoms with Crippen LogP contribution in [0.5, 0.6) is 5.75 Å². The topological polar surface area (TPSA) is 58.6 Å². The zero-order valence-electron chi connectivity index (χ0n) is 14.7.